The summed E-state index contributed by atoms with van der Waals surface area (Å²) in [6.07, 6.45) is 0. The van der Waals surface area contributed by atoms with E-state index < -0.39 is 11.9 Å². The molecule has 114 valence electrons. The number of carboxylic acid groups (broad SMARTS) is 2. The molecule has 0 saturated heterocycles. The maximum atomic E-state index is 10.9. The van der Waals surface area contributed by atoms with E-state index >= 15 is 0 Å². The average Bonchev–Trinajstić information content (AvgIpc) is 2.52. The lowest BCUT2D eigenvalue weighted by Crippen LogP contribution is -2.01. The van der Waals surface area contributed by atoms with Crippen molar-refractivity contribution in [1.82, 2.24) is 0 Å². The van der Waals surface area contributed by atoms with Gasteiger partial charge >= 0.3 is 11.9 Å². The van der Waals surface area contributed by atoms with E-state index in [1.54, 1.807) is 12.1 Å². The summed E-state index contributed by atoms with van der Waals surface area (Å²) >= 11 is 0. The first-order chi connectivity index (χ1) is 10.5. The van der Waals surface area contributed by atoms with Gasteiger partial charge in [0.2, 0.25) is 0 Å². The molecule has 0 radical (unpaired) electrons. The molecule has 0 aliphatic heterocycles. The average molecular weight is 302 g/mol. The van der Waals surface area contributed by atoms with E-state index in [2.05, 4.69) is 0 Å². The molecule has 0 saturated carbocycles. The molecule has 0 aliphatic carbocycles. The van der Waals surface area contributed by atoms with Crippen LogP contribution in [0, 0.1) is 0 Å². The van der Waals surface area contributed by atoms with Gasteiger partial charge in [0, 0.05) is 0 Å². The van der Waals surface area contributed by atoms with Crippen molar-refractivity contribution < 1.29 is 29.3 Å². The van der Waals surface area contributed by atoms with Gasteiger partial charge in [-0.1, -0.05) is 12.1 Å². The minimum absolute atomic E-state index is 0.106. The molecule has 0 heterocycles. The summed E-state index contributed by atoms with van der Waals surface area (Å²) in [5.41, 5.74) is 1.09. The molecule has 0 aromatic heterocycles. The standard InChI is InChI=1S/C16H14O6/c1-21-14-8-12(16(19)20)6-7-13(14)22-9-10-2-4-11(5-3-10)15(17)18/h2-8H,9H2,1H3,(H,17,18)(H,19,20). The van der Waals surface area contributed by atoms with Crippen LogP contribution in [0.25, 0.3) is 0 Å². The molecule has 6 heteroatoms. The first-order valence-corrected chi connectivity index (χ1v) is 6.37. The molecule has 2 rings (SSSR count). The second-order valence-corrected chi connectivity index (χ2v) is 4.46. The number of rotatable bonds is 6. The molecule has 2 aromatic rings. The van der Waals surface area contributed by atoms with E-state index in [9.17, 15) is 9.59 Å². The minimum atomic E-state index is -1.05. The molecule has 0 atom stereocenters. The molecule has 0 amide bonds. The van der Waals surface area contributed by atoms with Crippen LogP contribution in [0.2, 0.25) is 0 Å². The summed E-state index contributed by atoms with van der Waals surface area (Å²) in [4.78, 5) is 21.7. The number of carboxylic acids is 2. The van der Waals surface area contributed by atoms with E-state index in [0.29, 0.717) is 11.5 Å². The third-order valence-corrected chi connectivity index (χ3v) is 3.01. The summed E-state index contributed by atoms with van der Waals surface area (Å²) < 4.78 is 10.7. The molecule has 2 aromatic carbocycles. The molecule has 0 spiro atoms. The number of carbonyl (C=O) groups is 2. The molecule has 0 bridgehead atoms. The first-order valence-electron chi connectivity index (χ1n) is 6.37. The van der Waals surface area contributed by atoms with Crippen molar-refractivity contribution in [2.45, 2.75) is 6.61 Å². The highest BCUT2D eigenvalue weighted by molar-refractivity contribution is 5.88. The van der Waals surface area contributed by atoms with Gasteiger partial charge in [-0.25, -0.2) is 9.59 Å². The third kappa shape index (κ3) is 3.54. The Hall–Kier alpha value is -3.02. The predicted molar refractivity (Wildman–Crippen MR) is 77.7 cm³/mol. The highest BCUT2D eigenvalue weighted by atomic mass is 16.5. The second kappa shape index (κ2) is 6.62. The maximum absolute atomic E-state index is 10.9. The van der Waals surface area contributed by atoms with Crippen LogP contribution in [0.4, 0.5) is 0 Å². The Balaban J connectivity index is 2.10. The van der Waals surface area contributed by atoms with Gasteiger partial charge in [0.25, 0.3) is 0 Å². The van der Waals surface area contributed by atoms with Crippen LogP contribution in [0.3, 0.4) is 0 Å². The first kappa shape index (κ1) is 15.4. The van der Waals surface area contributed by atoms with E-state index in [1.807, 2.05) is 0 Å². The van der Waals surface area contributed by atoms with Crippen LogP contribution < -0.4 is 9.47 Å². The Morgan fingerprint density at radius 2 is 1.50 bits per heavy atom. The third-order valence-electron chi connectivity index (χ3n) is 3.01. The smallest absolute Gasteiger partial charge is 0.335 e. The molecule has 22 heavy (non-hydrogen) atoms. The fourth-order valence-corrected chi connectivity index (χ4v) is 1.82. The van der Waals surface area contributed by atoms with Crippen LogP contribution in [-0.2, 0) is 6.61 Å². The molecular formula is C16H14O6. The maximum Gasteiger partial charge on any atom is 0.335 e. The highest BCUT2D eigenvalue weighted by Gasteiger charge is 2.10. The zero-order chi connectivity index (χ0) is 16.1. The van der Waals surface area contributed by atoms with Gasteiger partial charge in [0.1, 0.15) is 6.61 Å². The summed E-state index contributed by atoms with van der Waals surface area (Å²) in [5.74, 6) is -1.30. The van der Waals surface area contributed by atoms with Gasteiger partial charge in [-0.3, -0.25) is 0 Å². The molecule has 2 N–H and O–H groups in total. The topological polar surface area (TPSA) is 93.1 Å². The number of methoxy groups -OCH3 is 1. The Morgan fingerprint density at radius 1 is 0.909 bits per heavy atom. The summed E-state index contributed by atoms with van der Waals surface area (Å²) in [5, 5.41) is 17.8. The van der Waals surface area contributed by atoms with Crippen molar-refractivity contribution >= 4 is 11.9 Å². The number of aromatic carboxylic acids is 2. The SMILES string of the molecule is COc1cc(C(=O)O)ccc1OCc1ccc(C(=O)O)cc1. The van der Waals surface area contributed by atoms with Crippen LogP contribution in [-0.4, -0.2) is 29.3 Å². The zero-order valence-electron chi connectivity index (χ0n) is 11.8. The van der Waals surface area contributed by atoms with Crippen molar-refractivity contribution in [3.63, 3.8) is 0 Å². The summed E-state index contributed by atoms with van der Waals surface area (Å²) in [6, 6.07) is 10.6. The van der Waals surface area contributed by atoms with Crippen LogP contribution in [0.1, 0.15) is 26.3 Å². The van der Waals surface area contributed by atoms with Crippen molar-refractivity contribution in [3.05, 3.63) is 59.2 Å². The quantitative estimate of drug-likeness (QED) is 0.852. The van der Waals surface area contributed by atoms with Gasteiger partial charge in [-0.15, -0.1) is 0 Å². The van der Waals surface area contributed by atoms with E-state index in [-0.39, 0.29) is 17.7 Å². The van der Waals surface area contributed by atoms with Crippen LogP contribution in [0.5, 0.6) is 11.5 Å². The molecule has 0 aliphatic rings. The normalized spacial score (nSPS) is 10.0. The van der Waals surface area contributed by atoms with Crippen LogP contribution in [0.15, 0.2) is 42.5 Å². The Labute approximate surface area is 126 Å². The number of benzene rings is 2. The number of ether oxygens (including phenoxy) is 2. The van der Waals surface area contributed by atoms with Gasteiger partial charge in [-0.05, 0) is 35.9 Å². The predicted octanol–water partition coefficient (Wildman–Crippen LogP) is 2.67. The fourth-order valence-electron chi connectivity index (χ4n) is 1.82. The number of hydrogen-bond donors (Lipinski definition) is 2. The Kier molecular flexibility index (Phi) is 4.63. The lowest BCUT2D eigenvalue weighted by atomic mass is 10.1. The zero-order valence-corrected chi connectivity index (χ0v) is 11.8. The van der Waals surface area contributed by atoms with Crippen molar-refractivity contribution in [1.29, 1.82) is 0 Å². The lowest BCUT2D eigenvalue weighted by molar-refractivity contribution is 0.0685. The Morgan fingerprint density at radius 3 is 2.05 bits per heavy atom. The monoisotopic (exact) mass is 302 g/mol. The highest BCUT2D eigenvalue weighted by Crippen LogP contribution is 2.28. The fraction of sp³-hybridized carbons (Fsp3) is 0.125. The largest absolute Gasteiger partial charge is 0.493 e. The summed E-state index contributed by atoms with van der Waals surface area (Å²) in [7, 11) is 1.43. The molecule has 0 fully saturated rings. The van der Waals surface area contributed by atoms with Gasteiger partial charge in [0.15, 0.2) is 11.5 Å². The summed E-state index contributed by atoms with van der Waals surface area (Å²) in [6.45, 7) is 0.211. The van der Waals surface area contributed by atoms with E-state index in [0.717, 1.165) is 5.56 Å². The lowest BCUT2D eigenvalue weighted by Gasteiger charge is -2.11. The van der Waals surface area contributed by atoms with E-state index in [4.69, 9.17) is 19.7 Å². The van der Waals surface area contributed by atoms with Gasteiger partial charge < -0.3 is 19.7 Å². The second-order valence-electron chi connectivity index (χ2n) is 4.46. The van der Waals surface area contributed by atoms with Crippen molar-refractivity contribution in [2.24, 2.45) is 0 Å². The molecule has 0 unspecified atom stereocenters. The van der Waals surface area contributed by atoms with Crippen molar-refractivity contribution in [2.75, 3.05) is 7.11 Å². The van der Waals surface area contributed by atoms with Crippen molar-refractivity contribution in [3.8, 4) is 11.5 Å². The van der Waals surface area contributed by atoms with Gasteiger partial charge in [-0.2, -0.15) is 0 Å². The molecule has 6 nitrogen and oxygen atoms in total. The number of hydrogen-bond acceptors (Lipinski definition) is 4. The molecular weight excluding hydrogens is 288 g/mol. The minimum Gasteiger partial charge on any atom is -0.493 e. The van der Waals surface area contributed by atoms with E-state index in [1.165, 1.54) is 37.4 Å². The Bertz CT molecular complexity index is 690. The van der Waals surface area contributed by atoms with Crippen LogP contribution >= 0.6 is 0 Å². The van der Waals surface area contributed by atoms with Gasteiger partial charge in [0.05, 0.1) is 18.2 Å².